The molecule has 5 heteroatoms. The van der Waals surface area contributed by atoms with E-state index in [0.29, 0.717) is 0 Å². The third-order valence-corrected chi connectivity index (χ3v) is 5.32. The van der Waals surface area contributed by atoms with Crippen LogP contribution in [0.4, 0.5) is 0 Å². The van der Waals surface area contributed by atoms with E-state index in [1.807, 2.05) is 16.6 Å². The first kappa shape index (κ1) is 16.0. The lowest BCUT2D eigenvalue weighted by molar-refractivity contribution is 0.590. The molecule has 4 nitrogen and oxygen atoms in total. The van der Waals surface area contributed by atoms with Crippen LogP contribution in [0.2, 0.25) is 0 Å². The molecule has 0 radical (unpaired) electrons. The Balaban J connectivity index is 1.77. The monoisotopic (exact) mass is 348 g/mol. The van der Waals surface area contributed by atoms with Gasteiger partial charge in [-0.05, 0) is 23.5 Å². The van der Waals surface area contributed by atoms with Crippen LogP contribution >= 0.6 is 11.3 Å². The number of benzene rings is 2. The average molecular weight is 348 g/mol. The van der Waals surface area contributed by atoms with E-state index < -0.39 is 0 Å². The lowest BCUT2D eigenvalue weighted by Crippen LogP contribution is -2.10. The number of fused-ring (bicyclic) bond motifs is 1. The summed E-state index contributed by atoms with van der Waals surface area (Å²) >= 11 is 1.56. The summed E-state index contributed by atoms with van der Waals surface area (Å²) in [5, 5.41) is 14.4. The van der Waals surface area contributed by atoms with E-state index in [2.05, 4.69) is 74.3 Å². The van der Waals surface area contributed by atoms with Gasteiger partial charge in [-0.2, -0.15) is 9.61 Å². The summed E-state index contributed by atoms with van der Waals surface area (Å²) in [5.41, 5.74) is 4.81. The van der Waals surface area contributed by atoms with Gasteiger partial charge >= 0.3 is 0 Å². The summed E-state index contributed by atoms with van der Waals surface area (Å²) in [4.78, 5) is 0.813. The molecular weight excluding hydrogens is 328 g/mol. The summed E-state index contributed by atoms with van der Waals surface area (Å²) in [7, 11) is 0. The summed E-state index contributed by atoms with van der Waals surface area (Å²) in [6.45, 7) is 8.74. The van der Waals surface area contributed by atoms with Gasteiger partial charge in [0.2, 0.25) is 4.96 Å². The zero-order chi connectivity index (χ0) is 17.6. The molecule has 0 aliphatic heterocycles. The normalized spacial score (nSPS) is 12.0. The Bertz CT molecular complexity index is 1040. The maximum atomic E-state index is 4.76. The van der Waals surface area contributed by atoms with Crippen LogP contribution in [0.15, 0.2) is 48.5 Å². The van der Waals surface area contributed by atoms with Crippen LogP contribution in [0.1, 0.15) is 31.9 Å². The fourth-order valence-electron chi connectivity index (χ4n) is 2.84. The summed E-state index contributed by atoms with van der Waals surface area (Å²) in [6, 6.07) is 16.8. The maximum Gasteiger partial charge on any atom is 0.235 e. The van der Waals surface area contributed by atoms with Crippen LogP contribution in [-0.4, -0.2) is 19.8 Å². The fraction of sp³-hybridized carbons (Fsp3) is 0.250. The summed E-state index contributed by atoms with van der Waals surface area (Å²) in [5.74, 6) is 0.793. The fourth-order valence-corrected chi connectivity index (χ4v) is 3.68. The zero-order valence-corrected chi connectivity index (χ0v) is 15.6. The third-order valence-electron chi connectivity index (χ3n) is 4.37. The smallest absolute Gasteiger partial charge is 0.182 e. The molecule has 2 heterocycles. The van der Waals surface area contributed by atoms with Crippen molar-refractivity contribution in [2.45, 2.75) is 33.1 Å². The predicted molar refractivity (Wildman–Crippen MR) is 103 cm³/mol. The standard InChI is InChI=1S/C20H20N4S/c1-13-7-5-6-8-16(13)17-21-22-19-24(17)23-18(25-19)14-9-11-15(12-10-14)20(2,3)4/h5-12H,1-4H3. The van der Waals surface area contributed by atoms with Gasteiger partial charge in [-0.3, -0.25) is 0 Å². The highest BCUT2D eigenvalue weighted by atomic mass is 32.1. The molecule has 0 fully saturated rings. The Kier molecular flexibility index (Phi) is 3.69. The van der Waals surface area contributed by atoms with Crippen LogP contribution in [-0.2, 0) is 5.41 Å². The molecule has 2 aromatic carbocycles. The van der Waals surface area contributed by atoms with E-state index in [4.69, 9.17) is 5.10 Å². The van der Waals surface area contributed by atoms with Gasteiger partial charge in [0.1, 0.15) is 5.01 Å². The van der Waals surface area contributed by atoms with Crippen LogP contribution in [0, 0.1) is 6.92 Å². The van der Waals surface area contributed by atoms with Crippen molar-refractivity contribution in [1.29, 1.82) is 0 Å². The molecule has 0 saturated heterocycles. The van der Waals surface area contributed by atoms with Gasteiger partial charge in [-0.25, -0.2) is 0 Å². The second-order valence-electron chi connectivity index (χ2n) is 7.27. The average Bonchev–Trinajstić information content (AvgIpc) is 3.15. The Labute approximate surface area is 151 Å². The Morgan fingerprint density at radius 3 is 2.32 bits per heavy atom. The van der Waals surface area contributed by atoms with E-state index in [1.165, 1.54) is 11.1 Å². The zero-order valence-electron chi connectivity index (χ0n) is 14.8. The van der Waals surface area contributed by atoms with Gasteiger partial charge in [0.05, 0.1) is 0 Å². The molecule has 0 spiro atoms. The highest BCUT2D eigenvalue weighted by Crippen LogP contribution is 2.30. The number of nitrogens with zero attached hydrogens (tertiary/aromatic N) is 4. The molecule has 0 saturated carbocycles. The van der Waals surface area contributed by atoms with E-state index in [-0.39, 0.29) is 5.41 Å². The number of hydrogen-bond donors (Lipinski definition) is 0. The number of hydrogen-bond acceptors (Lipinski definition) is 4. The Morgan fingerprint density at radius 1 is 0.920 bits per heavy atom. The molecule has 0 amide bonds. The number of aryl methyl sites for hydroxylation is 1. The van der Waals surface area contributed by atoms with Gasteiger partial charge < -0.3 is 0 Å². The molecule has 4 aromatic rings. The van der Waals surface area contributed by atoms with Gasteiger partial charge in [0.15, 0.2) is 5.82 Å². The minimum Gasteiger partial charge on any atom is -0.182 e. The van der Waals surface area contributed by atoms with Gasteiger partial charge in [0, 0.05) is 11.1 Å². The van der Waals surface area contributed by atoms with Crippen molar-refractivity contribution in [2.75, 3.05) is 0 Å². The highest BCUT2D eigenvalue weighted by molar-refractivity contribution is 7.19. The van der Waals surface area contributed by atoms with E-state index in [1.54, 1.807) is 11.3 Å². The largest absolute Gasteiger partial charge is 0.235 e. The molecule has 0 bridgehead atoms. The minimum atomic E-state index is 0.151. The first-order chi connectivity index (χ1) is 11.9. The minimum absolute atomic E-state index is 0.151. The molecule has 0 unspecified atom stereocenters. The van der Waals surface area contributed by atoms with Crippen LogP contribution in [0.5, 0.6) is 0 Å². The van der Waals surface area contributed by atoms with Crippen molar-refractivity contribution in [2.24, 2.45) is 0 Å². The first-order valence-corrected chi connectivity index (χ1v) is 9.14. The van der Waals surface area contributed by atoms with Crippen molar-refractivity contribution in [3.05, 3.63) is 59.7 Å². The van der Waals surface area contributed by atoms with Crippen molar-refractivity contribution < 1.29 is 0 Å². The molecule has 2 aromatic heterocycles. The number of rotatable bonds is 2. The molecular formula is C20H20N4S. The SMILES string of the molecule is Cc1ccccc1-c1nnc2sc(-c3ccc(C(C)(C)C)cc3)nn12. The van der Waals surface area contributed by atoms with Gasteiger partial charge in [0.25, 0.3) is 0 Å². The van der Waals surface area contributed by atoms with Crippen molar-refractivity contribution in [3.8, 4) is 22.0 Å². The van der Waals surface area contributed by atoms with Crippen molar-refractivity contribution >= 4 is 16.3 Å². The second-order valence-corrected chi connectivity index (χ2v) is 8.22. The topological polar surface area (TPSA) is 43.1 Å². The van der Waals surface area contributed by atoms with Crippen molar-refractivity contribution in [1.82, 2.24) is 19.8 Å². The Morgan fingerprint density at radius 2 is 1.64 bits per heavy atom. The van der Waals surface area contributed by atoms with Crippen LogP contribution in [0.3, 0.4) is 0 Å². The quantitative estimate of drug-likeness (QED) is 0.504. The third kappa shape index (κ3) is 2.85. The van der Waals surface area contributed by atoms with E-state index in [0.717, 1.165) is 26.9 Å². The second kappa shape index (κ2) is 5.77. The lowest BCUT2D eigenvalue weighted by Gasteiger charge is -2.18. The van der Waals surface area contributed by atoms with E-state index in [9.17, 15) is 0 Å². The lowest BCUT2D eigenvalue weighted by atomic mass is 9.87. The highest BCUT2D eigenvalue weighted by Gasteiger charge is 2.17. The van der Waals surface area contributed by atoms with Crippen molar-refractivity contribution in [3.63, 3.8) is 0 Å². The molecule has 25 heavy (non-hydrogen) atoms. The molecule has 0 aliphatic rings. The maximum absolute atomic E-state index is 4.76. The summed E-state index contributed by atoms with van der Waals surface area (Å²) in [6.07, 6.45) is 0. The van der Waals surface area contributed by atoms with Crippen LogP contribution in [0.25, 0.3) is 26.9 Å². The predicted octanol–water partition coefficient (Wildman–Crippen LogP) is 5.13. The number of aromatic nitrogens is 4. The molecule has 0 atom stereocenters. The van der Waals surface area contributed by atoms with E-state index >= 15 is 0 Å². The Hall–Kier alpha value is -2.53. The molecule has 0 aliphatic carbocycles. The molecule has 0 N–H and O–H groups in total. The summed E-state index contributed by atoms with van der Waals surface area (Å²) < 4.78 is 1.85. The first-order valence-electron chi connectivity index (χ1n) is 8.32. The van der Waals surface area contributed by atoms with Gasteiger partial charge in [-0.15, -0.1) is 10.2 Å². The van der Waals surface area contributed by atoms with Crippen LogP contribution < -0.4 is 0 Å². The van der Waals surface area contributed by atoms with Gasteiger partial charge in [-0.1, -0.05) is 80.6 Å². The molecule has 126 valence electrons. The molecule has 4 rings (SSSR count).